The number of aromatic nitrogens is 2. The Morgan fingerprint density at radius 1 is 1.18 bits per heavy atom. The van der Waals surface area contributed by atoms with Crippen LogP contribution < -0.4 is 16.0 Å². The number of carbonyl (C=O) groups excluding carboxylic acids is 1. The Bertz CT molecular complexity index is 995. The number of aliphatic hydroxyl groups is 1. The van der Waals surface area contributed by atoms with Crippen LogP contribution in [0.3, 0.4) is 0 Å². The first-order valence-corrected chi connectivity index (χ1v) is 12.3. The molecule has 1 aliphatic heterocycles. The molecule has 0 radical (unpaired) electrons. The van der Waals surface area contributed by atoms with Crippen LogP contribution in [0.15, 0.2) is 30.6 Å². The van der Waals surface area contributed by atoms with Crippen molar-refractivity contribution in [3.8, 4) is 0 Å². The van der Waals surface area contributed by atoms with Crippen LogP contribution >= 0.6 is 0 Å². The second kappa shape index (κ2) is 9.88. The van der Waals surface area contributed by atoms with Crippen molar-refractivity contribution in [2.75, 3.05) is 49.9 Å². The molecule has 4 N–H and O–H groups in total. The molecule has 8 heteroatoms. The van der Waals surface area contributed by atoms with Gasteiger partial charge in [-0.25, -0.2) is 9.97 Å². The maximum absolute atomic E-state index is 13.6. The van der Waals surface area contributed by atoms with E-state index in [4.69, 9.17) is 5.73 Å². The molecular formula is C26H38N6O2. The largest absolute Gasteiger partial charge is 0.399 e. The molecule has 2 aliphatic rings. The second-order valence-corrected chi connectivity index (χ2v) is 10.9. The first-order chi connectivity index (χ1) is 16.1. The minimum absolute atomic E-state index is 0.141. The number of hydrogen-bond donors (Lipinski definition) is 3. The van der Waals surface area contributed by atoms with Gasteiger partial charge in [-0.1, -0.05) is 39.8 Å². The smallest absolute Gasteiger partial charge is 0.231 e. The van der Waals surface area contributed by atoms with Crippen molar-refractivity contribution in [2.24, 2.45) is 5.41 Å². The van der Waals surface area contributed by atoms with Gasteiger partial charge in [-0.2, -0.15) is 0 Å². The Morgan fingerprint density at radius 2 is 1.85 bits per heavy atom. The van der Waals surface area contributed by atoms with Crippen LogP contribution in [0, 0.1) is 5.41 Å². The van der Waals surface area contributed by atoms with Crippen LogP contribution in [0.5, 0.6) is 0 Å². The summed E-state index contributed by atoms with van der Waals surface area (Å²) in [6.45, 7) is 12.8. The minimum atomic E-state index is -0.518. The zero-order chi connectivity index (χ0) is 24.5. The third kappa shape index (κ3) is 5.33. The number of nitrogens with two attached hydrogens (primary N) is 1. The molecule has 0 spiro atoms. The number of nitrogens with one attached hydrogen (secondary N) is 1. The van der Waals surface area contributed by atoms with Crippen molar-refractivity contribution < 1.29 is 9.90 Å². The van der Waals surface area contributed by atoms with E-state index in [-0.39, 0.29) is 23.2 Å². The summed E-state index contributed by atoms with van der Waals surface area (Å²) >= 11 is 0. The van der Waals surface area contributed by atoms with Crippen molar-refractivity contribution in [3.05, 3.63) is 47.4 Å². The van der Waals surface area contributed by atoms with Crippen molar-refractivity contribution in [1.29, 1.82) is 0 Å². The number of carbonyl (C=O) groups is 1. The van der Waals surface area contributed by atoms with Gasteiger partial charge in [-0.05, 0) is 35.4 Å². The standard InChI is InChI=1S/C26H38N6O2/c1-17-13-21(33)23-22(17)24(30-16-29-23)31-9-11-32(12-10-31)25(34)20(14-28-15-26(2,3)4)18-5-7-19(27)8-6-18/h5-8,16-17,20-21,28,33H,9-15,27H2,1-4H3/t17-,20?,21?/m1/s1. The molecule has 1 amide bonds. The lowest BCUT2D eigenvalue weighted by molar-refractivity contribution is -0.133. The summed E-state index contributed by atoms with van der Waals surface area (Å²) in [6.07, 6.45) is 1.71. The van der Waals surface area contributed by atoms with E-state index >= 15 is 0 Å². The lowest BCUT2D eigenvalue weighted by atomic mass is 9.94. The molecule has 34 heavy (non-hydrogen) atoms. The number of amides is 1. The molecular weight excluding hydrogens is 428 g/mol. The maximum atomic E-state index is 13.6. The third-order valence-electron chi connectivity index (χ3n) is 6.81. The van der Waals surface area contributed by atoms with Gasteiger partial charge in [0.15, 0.2) is 0 Å². The highest BCUT2D eigenvalue weighted by Gasteiger charge is 2.35. The molecule has 0 saturated carbocycles. The molecule has 1 aromatic carbocycles. The quantitative estimate of drug-likeness (QED) is 0.562. The van der Waals surface area contributed by atoms with Gasteiger partial charge in [0, 0.05) is 50.5 Å². The predicted molar refractivity (Wildman–Crippen MR) is 135 cm³/mol. The van der Waals surface area contributed by atoms with Crippen molar-refractivity contribution >= 4 is 17.4 Å². The van der Waals surface area contributed by atoms with Gasteiger partial charge in [-0.3, -0.25) is 4.79 Å². The fourth-order valence-electron chi connectivity index (χ4n) is 4.98. The predicted octanol–water partition coefficient (Wildman–Crippen LogP) is 2.67. The van der Waals surface area contributed by atoms with Crippen molar-refractivity contribution in [1.82, 2.24) is 20.2 Å². The Balaban J connectivity index is 1.46. The van der Waals surface area contributed by atoms with E-state index < -0.39 is 6.10 Å². The molecule has 4 rings (SSSR count). The lowest BCUT2D eigenvalue weighted by Crippen LogP contribution is -2.51. The van der Waals surface area contributed by atoms with E-state index in [0.717, 1.165) is 29.2 Å². The minimum Gasteiger partial charge on any atom is -0.399 e. The fourth-order valence-corrected chi connectivity index (χ4v) is 4.98. The Kier molecular flexibility index (Phi) is 7.09. The number of fused-ring (bicyclic) bond motifs is 1. The maximum Gasteiger partial charge on any atom is 0.231 e. The lowest BCUT2D eigenvalue weighted by Gasteiger charge is -2.38. The third-order valence-corrected chi connectivity index (χ3v) is 6.81. The Labute approximate surface area is 202 Å². The van der Waals surface area contributed by atoms with Crippen LogP contribution in [0.25, 0.3) is 0 Å². The van der Waals surface area contributed by atoms with E-state index in [1.54, 1.807) is 6.33 Å². The molecule has 184 valence electrons. The molecule has 1 aromatic heterocycles. The molecule has 2 heterocycles. The molecule has 1 fully saturated rings. The number of benzene rings is 1. The number of hydrogen-bond acceptors (Lipinski definition) is 7. The first kappa shape index (κ1) is 24.4. The molecule has 1 aliphatic carbocycles. The van der Waals surface area contributed by atoms with E-state index in [9.17, 15) is 9.90 Å². The fraction of sp³-hybridized carbons (Fsp3) is 0.577. The topological polar surface area (TPSA) is 108 Å². The number of anilines is 2. The summed E-state index contributed by atoms with van der Waals surface area (Å²) in [5, 5.41) is 13.8. The molecule has 8 nitrogen and oxygen atoms in total. The SMILES string of the molecule is C[C@@H]1CC(O)c2ncnc(N3CCN(C(=O)C(CNCC(C)(C)C)c4ccc(N)cc4)CC3)c21. The average molecular weight is 467 g/mol. The Morgan fingerprint density at radius 3 is 2.50 bits per heavy atom. The summed E-state index contributed by atoms with van der Waals surface area (Å²) in [5.41, 5.74) is 9.52. The van der Waals surface area contributed by atoms with E-state index in [1.807, 2.05) is 29.2 Å². The van der Waals surface area contributed by atoms with Crippen molar-refractivity contribution in [2.45, 2.75) is 52.1 Å². The number of rotatable bonds is 6. The van der Waals surface area contributed by atoms with Crippen LogP contribution in [0.1, 0.15) is 68.9 Å². The first-order valence-electron chi connectivity index (χ1n) is 12.3. The number of aliphatic hydroxyl groups excluding tert-OH is 1. The monoisotopic (exact) mass is 466 g/mol. The highest BCUT2D eigenvalue weighted by molar-refractivity contribution is 5.84. The van der Waals surface area contributed by atoms with Gasteiger partial charge < -0.3 is 26.0 Å². The van der Waals surface area contributed by atoms with E-state index in [0.29, 0.717) is 44.8 Å². The van der Waals surface area contributed by atoms with Gasteiger partial charge in [0.2, 0.25) is 5.91 Å². The summed E-state index contributed by atoms with van der Waals surface area (Å²) in [4.78, 5) is 26.7. The van der Waals surface area contributed by atoms with Gasteiger partial charge in [-0.15, -0.1) is 0 Å². The van der Waals surface area contributed by atoms with Crippen LogP contribution in [0.4, 0.5) is 11.5 Å². The highest BCUT2D eigenvalue weighted by Crippen LogP contribution is 2.42. The zero-order valence-corrected chi connectivity index (χ0v) is 20.8. The van der Waals surface area contributed by atoms with Crippen molar-refractivity contribution in [3.63, 3.8) is 0 Å². The van der Waals surface area contributed by atoms with Gasteiger partial charge in [0.1, 0.15) is 12.1 Å². The summed E-state index contributed by atoms with van der Waals surface area (Å²) in [7, 11) is 0. The van der Waals surface area contributed by atoms with Crippen LogP contribution in [-0.2, 0) is 4.79 Å². The van der Waals surface area contributed by atoms with E-state index in [2.05, 4.69) is 47.9 Å². The zero-order valence-electron chi connectivity index (χ0n) is 20.8. The number of piperazine rings is 1. The Hall–Kier alpha value is -2.71. The van der Waals surface area contributed by atoms with Crippen LogP contribution in [0.2, 0.25) is 0 Å². The molecule has 3 atom stereocenters. The summed E-state index contributed by atoms with van der Waals surface area (Å²) < 4.78 is 0. The second-order valence-electron chi connectivity index (χ2n) is 10.9. The number of nitrogen functional groups attached to an aromatic ring is 1. The molecule has 2 unspecified atom stereocenters. The van der Waals surface area contributed by atoms with Gasteiger partial charge in [0.25, 0.3) is 0 Å². The number of nitrogens with zero attached hydrogens (tertiary/aromatic N) is 4. The average Bonchev–Trinajstić information content (AvgIpc) is 3.10. The van der Waals surface area contributed by atoms with Gasteiger partial charge >= 0.3 is 0 Å². The highest BCUT2D eigenvalue weighted by atomic mass is 16.3. The normalized spacial score (nSPS) is 21.4. The van der Waals surface area contributed by atoms with Gasteiger partial charge in [0.05, 0.1) is 17.7 Å². The van der Waals surface area contributed by atoms with E-state index in [1.165, 1.54) is 0 Å². The molecule has 0 bridgehead atoms. The van der Waals surface area contributed by atoms with Crippen LogP contribution in [-0.4, -0.2) is 65.2 Å². The summed E-state index contributed by atoms with van der Waals surface area (Å²) in [5.74, 6) is 1.02. The molecule has 1 saturated heterocycles. The molecule has 2 aromatic rings. The summed E-state index contributed by atoms with van der Waals surface area (Å²) in [6, 6.07) is 7.65.